The molecule has 2 aromatic carbocycles. The van der Waals surface area contributed by atoms with Crippen molar-refractivity contribution in [2.24, 2.45) is 0 Å². The summed E-state index contributed by atoms with van der Waals surface area (Å²) in [5, 5.41) is 6.11. The van der Waals surface area contributed by atoms with Gasteiger partial charge in [-0.15, -0.1) is 11.8 Å². The van der Waals surface area contributed by atoms with Crippen molar-refractivity contribution in [3.63, 3.8) is 0 Å². The SMILES string of the molecule is CN(CC(=O)NCCCSc1ccccc1)CC(=O)Nc1ccccc1Cl. The summed E-state index contributed by atoms with van der Waals surface area (Å²) in [6, 6.07) is 17.2. The summed E-state index contributed by atoms with van der Waals surface area (Å²) in [7, 11) is 1.73. The molecular formula is C20H24ClN3O2S. The fourth-order valence-electron chi connectivity index (χ4n) is 2.36. The van der Waals surface area contributed by atoms with Gasteiger partial charge in [0.2, 0.25) is 11.8 Å². The zero-order chi connectivity index (χ0) is 19.5. The van der Waals surface area contributed by atoms with Gasteiger partial charge in [0.1, 0.15) is 0 Å². The molecule has 2 amide bonds. The molecule has 0 heterocycles. The van der Waals surface area contributed by atoms with Gasteiger partial charge in [-0.05, 0) is 43.5 Å². The zero-order valence-corrected chi connectivity index (χ0v) is 16.9. The molecule has 0 fully saturated rings. The van der Waals surface area contributed by atoms with E-state index >= 15 is 0 Å². The Morgan fingerprint density at radius 3 is 2.41 bits per heavy atom. The average Bonchev–Trinajstić information content (AvgIpc) is 2.64. The number of rotatable bonds is 10. The quantitative estimate of drug-likeness (QED) is 0.469. The van der Waals surface area contributed by atoms with Crippen LogP contribution in [0.1, 0.15) is 6.42 Å². The first kappa shape index (κ1) is 21.3. The van der Waals surface area contributed by atoms with Crippen LogP contribution in [0.25, 0.3) is 0 Å². The summed E-state index contributed by atoms with van der Waals surface area (Å²) in [5.41, 5.74) is 0.568. The molecule has 27 heavy (non-hydrogen) atoms. The molecule has 0 bridgehead atoms. The Bertz CT molecular complexity index is 743. The number of hydrogen-bond donors (Lipinski definition) is 2. The van der Waals surface area contributed by atoms with Gasteiger partial charge in [-0.1, -0.05) is 41.9 Å². The molecule has 0 aliphatic heterocycles. The summed E-state index contributed by atoms with van der Waals surface area (Å²) in [4.78, 5) is 26.9. The van der Waals surface area contributed by atoms with Crippen molar-refractivity contribution in [1.29, 1.82) is 0 Å². The minimum atomic E-state index is -0.210. The molecule has 2 aromatic rings. The lowest BCUT2D eigenvalue weighted by Crippen LogP contribution is -2.39. The summed E-state index contributed by atoms with van der Waals surface area (Å²) in [6.45, 7) is 0.905. The Morgan fingerprint density at radius 2 is 1.67 bits per heavy atom. The normalized spacial score (nSPS) is 10.6. The number of para-hydroxylation sites is 1. The Morgan fingerprint density at radius 1 is 1.00 bits per heavy atom. The molecule has 0 aliphatic carbocycles. The Labute approximate surface area is 169 Å². The Kier molecular flexibility index (Phi) is 9.18. The number of halogens is 1. The molecule has 2 N–H and O–H groups in total. The first-order valence-corrected chi connectivity index (χ1v) is 10.1. The highest BCUT2D eigenvalue weighted by molar-refractivity contribution is 7.99. The van der Waals surface area contributed by atoms with Crippen LogP contribution in [0.4, 0.5) is 5.69 Å². The van der Waals surface area contributed by atoms with Gasteiger partial charge in [-0.3, -0.25) is 14.5 Å². The van der Waals surface area contributed by atoms with Crippen LogP contribution in [-0.4, -0.2) is 49.1 Å². The van der Waals surface area contributed by atoms with Crippen LogP contribution in [0.5, 0.6) is 0 Å². The zero-order valence-electron chi connectivity index (χ0n) is 15.3. The van der Waals surface area contributed by atoms with E-state index in [1.165, 1.54) is 4.90 Å². The molecule has 7 heteroatoms. The standard InChI is InChI=1S/C20H24ClN3O2S/c1-24(15-20(26)23-18-11-6-5-10-17(18)21)14-19(25)22-12-7-13-27-16-8-3-2-4-9-16/h2-6,8-11H,7,12-15H2,1H3,(H,22,25)(H,23,26). The van der Waals surface area contributed by atoms with E-state index in [2.05, 4.69) is 22.8 Å². The van der Waals surface area contributed by atoms with Gasteiger partial charge >= 0.3 is 0 Å². The average molecular weight is 406 g/mol. The topological polar surface area (TPSA) is 61.4 Å². The van der Waals surface area contributed by atoms with E-state index < -0.39 is 0 Å². The Balaban J connectivity index is 1.59. The van der Waals surface area contributed by atoms with E-state index in [1.54, 1.807) is 48.0 Å². The second kappa shape index (κ2) is 11.6. The smallest absolute Gasteiger partial charge is 0.238 e. The number of nitrogens with zero attached hydrogens (tertiary/aromatic N) is 1. The second-order valence-electron chi connectivity index (χ2n) is 6.07. The number of hydrogen-bond acceptors (Lipinski definition) is 4. The third kappa shape index (κ3) is 8.47. The van der Waals surface area contributed by atoms with Gasteiger partial charge in [0.15, 0.2) is 0 Å². The van der Waals surface area contributed by atoms with E-state index in [0.29, 0.717) is 17.3 Å². The molecule has 0 radical (unpaired) electrons. The maximum Gasteiger partial charge on any atom is 0.238 e. The number of likely N-dealkylation sites (N-methyl/N-ethyl adjacent to an activating group) is 1. The maximum absolute atomic E-state index is 12.0. The van der Waals surface area contributed by atoms with Crippen LogP contribution in [0.2, 0.25) is 5.02 Å². The van der Waals surface area contributed by atoms with Crippen molar-refractivity contribution >= 4 is 40.9 Å². The summed E-state index contributed by atoms with van der Waals surface area (Å²) in [5.74, 6) is 0.644. The molecule has 0 atom stereocenters. The highest BCUT2D eigenvalue weighted by atomic mass is 35.5. The lowest BCUT2D eigenvalue weighted by Gasteiger charge is -2.16. The number of carbonyl (C=O) groups excluding carboxylic acids is 2. The fraction of sp³-hybridized carbons (Fsp3) is 0.300. The third-order valence-corrected chi connectivity index (χ3v) is 5.06. The monoisotopic (exact) mass is 405 g/mol. The molecule has 0 spiro atoms. The number of nitrogens with one attached hydrogen (secondary N) is 2. The van der Waals surface area contributed by atoms with Crippen molar-refractivity contribution in [2.75, 3.05) is 37.8 Å². The maximum atomic E-state index is 12.0. The Hall–Kier alpha value is -2.02. The largest absolute Gasteiger partial charge is 0.355 e. The van der Waals surface area contributed by atoms with Crippen LogP contribution in [-0.2, 0) is 9.59 Å². The van der Waals surface area contributed by atoms with E-state index in [0.717, 1.165) is 12.2 Å². The molecule has 0 aliphatic rings. The third-order valence-electron chi connectivity index (χ3n) is 3.63. The molecule has 0 aromatic heterocycles. The van der Waals surface area contributed by atoms with E-state index in [9.17, 15) is 9.59 Å². The number of anilines is 1. The van der Waals surface area contributed by atoms with Crippen molar-refractivity contribution in [3.05, 3.63) is 59.6 Å². The highest BCUT2D eigenvalue weighted by Crippen LogP contribution is 2.20. The fourth-order valence-corrected chi connectivity index (χ4v) is 3.42. The minimum absolute atomic E-state index is 0.0900. The molecule has 0 saturated carbocycles. The highest BCUT2D eigenvalue weighted by Gasteiger charge is 2.11. The van der Waals surface area contributed by atoms with Crippen molar-refractivity contribution in [3.8, 4) is 0 Å². The van der Waals surface area contributed by atoms with Crippen molar-refractivity contribution < 1.29 is 9.59 Å². The van der Waals surface area contributed by atoms with Gasteiger partial charge in [0.25, 0.3) is 0 Å². The summed E-state index contributed by atoms with van der Waals surface area (Å²) < 4.78 is 0. The molecular weight excluding hydrogens is 382 g/mol. The van der Waals surface area contributed by atoms with Crippen LogP contribution < -0.4 is 10.6 Å². The first-order chi connectivity index (χ1) is 13.0. The predicted octanol–water partition coefficient (Wildman–Crippen LogP) is 3.51. The van der Waals surface area contributed by atoms with Gasteiger partial charge < -0.3 is 10.6 Å². The van der Waals surface area contributed by atoms with E-state index in [-0.39, 0.29) is 24.9 Å². The predicted molar refractivity (Wildman–Crippen MR) is 112 cm³/mol. The molecule has 0 unspecified atom stereocenters. The van der Waals surface area contributed by atoms with E-state index in [4.69, 9.17) is 11.6 Å². The molecule has 144 valence electrons. The molecule has 5 nitrogen and oxygen atoms in total. The van der Waals surface area contributed by atoms with Crippen molar-refractivity contribution in [1.82, 2.24) is 10.2 Å². The van der Waals surface area contributed by atoms with Gasteiger partial charge in [0.05, 0.1) is 23.8 Å². The van der Waals surface area contributed by atoms with Gasteiger partial charge in [-0.2, -0.15) is 0 Å². The lowest BCUT2D eigenvalue weighted by molar-refractivity contribution is -0.122. The first-order valence-electron chi connectivity index (χ1n) is 8.72. The van der Waals surface area contributed by atoms with Crippen LogP contribution in [0, 0.1) is 0 Å². The number of thioether (sulfide) groups is 1. The molecule has 2 rings (SSSR count). The summed E-state index contributed by atoms with van der Waals surface area (Å²) in [6.07, 6.45) is 0.891. The van der Waals surface area contributed by atoms with E-state index in [1.807, 2.05) is 18.2 Å². The van der Waals surface area contributed by atoms with Gasteiger partial charge in [0, 0.05) is 11.4 Å². The summed E-state index contributed by atoms with van der Waals surface area (Å²) >= 11 is 7.79. The van der Waals surface area contributed by atoms with Gasteiger partial charge in [-0.25, -0.2) is 0 Å². The second-order valence-corrected chi connectivity index (χ2v) is 7.64. The van der Waals surface area contributed by atoms with Crippen LogP contribution in [0.3, 0.4) is 0 Å². The van der Waals surface area contributed by atoms with Crippen LogP contribution >= 0.6 is 23.4 Å². The number of benzene rings is 2. The number of amides is 2. The number of carbonyl (C=O) groups is 2. The van der Waals surface area contributed by atoms with Crippen molar-refractivity contribution in [2.45, 2.75) is 11.3 Å². The molecule has 0 saturated heterocycles. The lowest BCUT2D eigenvalue weighted by atomic mass is 10.3. The van der Waals surface area contributed by atoms with Crippen LogP contribution in [0.15, 0.2) is 59.5 Å². The minimum Gasteiger partial charge on any atom is -0.355 e.